The van der Waals surface area contributed by atoms with Crippen LogP contribution < -0.4 is 5.56 Å². The summed E-state index contributed by atoms with van der Waals surface area (Å²) in [5.41, 5.74) is 0.692. The molecule has 0 bridgehead atoms. The highest BCUT2D eigenvalue weighted by molar-refractivity contribution is 7.98. The molecule has 0 fully saturated rings. The predicted octanol–water partition coefficient (Wildman–Crippen LogP) is 3.87. The number of para-hydroxylation sites is 1. The first kappa shape index (κ1) is 20.9. The fraction of sp³-hybridized carbons (Fsp3) is 0.286. The minimum atomic E-state index is -0.0777. The Hall–Kier alpha value is -3.02. The van der Waals surface area contributed by atoms with Crippen molar-refractivity contribution >= 4 is 39.8 Å². The summed E-state index contributed by atoms with van der Waals surface area (Å²) in [5.74, 6) is 2.04. The number of nitrogens with zero attached hydrogens (tertiary/aromatic N) is 6. The summed E-state index contributed by atoms with van der Waals surface area (Å²) in [6, 6.07) is 11.4. The van der Waals surface area contributed by atoms with Crippen LogP contribution in [-0.2, 0) is 17.0 Å². The zero-order chi connectivity index (χ0) is 21.9. The van der Waals surface area contributed by atoms with Crippen molar-refractivity contribution in [3.8, 4) is 10.7 Å². The van der Waals surface area contributed by atoms with Crippen molar-refractivity contribution < 1.29 is 9.26 Å². The van der Waals surface area contributed by atoms with E-state index in [0.717, 1.165) is 10.4 Å². The lowest BCUT2D eigenvalue weighted by molar-refractivity contribution is 0.141. The van der Waals surface area contributed by atoms with Crippen LogP contribution in [0.3, 0.4) is 0 Å². The minimum Gasteiger partial charge on any atom is -0.382 e. The first-order chi connectivity index (χ1) is 15.8. The van der Waals surface area contributed by atoms with Crippen LogP contribution in [0.15, 0.2) is 56.3 Å². The van der Waals surface area contributed by atoms with E-state index < -0.39 is 0 Å². The van der Waals surface area contributed by atoms with Crippen LogP contribution in [0.25, 0.3) is 27.4 Å². The van der Waals surface area contributed by atoms with Gasteiger partial charge in [-0.15, -0.1) is 21.5 Å². The van der Waals surface area contributed by atoms with E-state index in [1.807, 2.05) is 53.1 Å². The zero-order valence-corrected chi connectivity index (χ0v) is 18.9. The van der Waals surface area contributed by atoms with E-state index >= 15 is 0 Å². The second-order valence-electron chi connectivity index (χ2n) is 6.92. The van der Waals surface area contributed by atoms with Crippen molar-refractivity contribution in [3.05, 3.63) is 58.0 Å². The van der Waals surface area contributed by atoms with E-state index in [1.54, 1.807) is 15.9 Å². The fourth-order valence-electron chi connectivity index (χ4n) is 3.44. The Kier molecular flexibility index (Phi) is 6.02. The summed E-state index contributed by atoms with van der Waals surface area (Å²) in [4.78, 5) is 18.5. The van der Waals surface area contributed by atoms with Crippen LogP contribution in [-0.4, -0.2) is 42.5 Å². The van der Waals surface area contributed by atoms with Gasteiger partial charge in [0, 0.05) is 19.8 Å². The molecule has 0 atom stereocenters. The molecule has 11 heteroatoms. The first-order valence-electron chi connectivity index (χ1n) is 10.2. The monoisotopic (exact) mass is 468 g/mol. The van der Waals surface area contributed by atoms with Gasteiger partial charge in [-0.1, -0.05) is 35.1 Å². The molecule has 1 aromatic carbocycles. The molecule has 164 valence electrons. The molecule has 4 aromatic heterocycles. The summed E-state index contributed by atoms with van der Waals surface area (Å²) in [6.45, 7) is 3.69. The van der Waals surface area contributed by atoms with E-state index in [4.69, 9.17) is 9.26 Å². The third-order valence-corrected chi connectivity index (χ3v) is 6.67. The molecule has 4 heterocycles. The molecule has 0 N–H and O–H groups in total. The van der Waals surface area contributed by atoms with Gasteiger partial charge in [-0.25, -0.2) is 0 Å². The van der Waals surface area contributed by atoms with Gasteiger partial charge in [0.15, 0.2) is 5.16 Å². The average molecular weight is 469 g/mol. The maximum absolute atomic E-state index is 13.1. The number of thiophene rings is 1. The molecular formula is C21H20N6O3S2. The zero-order valence-electron chi connectivity index (χ0n) is 17.3. The molecule has 0 amide bonds. The highest BCUT2D eigenvalue weighted by Gasteiger charge is 2.18. The van der Waals surface area contributed by atoms with Crippen LogP contribution >= 0.6 is 23.1 Å². The predicted molar refractivity (Wildman–Crippen MR) is 123 cm³/mol. The molecule has 0 aliphatic carbocycles. The maximum atomic E-state index is 13.1. The number of benzene rings is 1. The number of ether oxygens (including phenoxy) is 1. The van der Waals surface area contributed by atoms with E-state index in [0.29, 0.717) is 60.0 Å². The second kappa shape index (κ2) is 9.23. The Morgan fingerprint density at radius 3 is 2.94 bits per heavy atom. The van der Waals surface area contributed by atoms with Crippen molar-refractivity contribution in [2.75, 3.05) is 13.2 Å². The smallest absolute Gasteiger partial charge is 0.262 e. The van der Waals surface area contributed by atoms with Gasteiger partial charge < -0.3 is 9.26 Å². The number of fused-ring (bicyclic) bond motifs is 3. The van der Waals surface area contributed by atoms with Crippen LogP contribution in [0.2, 0.25) is 0 Å². The highest BCUT2D eigenvalue weighted by atomic mass is 32.2. The second-order valence-corrected chi connectivity index (χ2v) is 8.81. The van der Waals surface area contributed by atoms with Gasteiger partial charge in [0.05, 0.1) is 21.5 Å². The molecule has 0 saturated carbocycles. The topological polar surface area (TPSA) is 100 Å². The summed E-state index contributed by atoms with van der Waals surface area (Å²) < 4.78 is 14.4. The first-order valence-corrected chi connectivity index (χ1v) is 12.1. The molecular weight excluding hydrogens is 448 g/mol. The Labute approximate surface area is 191 Å². The quantitative estimate of drug-likeness (QED) is 0.237. The Balaban J connectivity index is 1.47. The number of hydrogen-bond acceptors (Lipinski definition) is 9. The Bertz CT molecular complexity index is 1410. The van der Waals surface area contributed by atoms with Crippen LogP contribution in [0.5, 0.6) is 0 Å². The highest BCUT2D eigenvalue weighted by Crippen LogP contribution is 2.26. The summed E-state index contributed by atoms with van der Waals surface area (Å²) in [5, 5.41) is 16.0. The molecule has 5 aromatic rings. The largest absolute Gasteiger partial charge is 0.382 e. The van der Waals surface area contributed by atoms with Crippen molar-refractivity contribution in [2.24, 2.45) is 0 Å². The van der Waals surface area contributed by atoms with Crippen molar-refractivity contribution in [1.82, 2.24) is 29.3 Å². The molecule has 0 aliphatic rings. The van der Waals surface area contributed by atoms with Gasteiger partial charge in [-0.05, 0) is 36.9 Å². The van der Waals surface area contributed by atoms with Crippen molar-refractivity contribution in [2.45, 2.75) is 30.8 Å². The lowest BCUT2D eigenvalue weighted by Crippen LogP contribution is -2.24. The molecule has 5 rings (SSSR count). The number of thioether (sulfide) groups is 1. The fourth-order valence-corrected chi connectivity index (χ4v) is 4.87. The standard InChI is InChI=1S/C21H20N6O3S2/c1-2-29-11-6-10-26-19(28)14-7-3-4-8-15(14)27-20(26)23-24-21(27)32-13-17-22-18(25-30-17)16-9-5-12-31-16/h3-5,7-9,12H,2,6,10-11,13H2,1H3. The third-order valence-electron chi connectivity index (χ3n) is 4.89. The summed E-state index contributed by atoms with van der Waals surface area (Å²) >= 11 is 3.00. The lowest BCUT2D eigenvalue weighted by atomic mass is 10.2. The maximum Gasteiger partial charge on any atom is 0.262 e. The van der Waals surface area contributed by atoms with Crippen molar-refractivity contribution in [3.63, 3.8) is 0 Å². The van der Waals surface area contributed by atoms with Gasteiger partial charge in [0.25, 0.3) is 5.56 Å². The SMILES string of the molecule is CCOCCCn1c(=O)c2ccccc2n2c(SCc3nc(-c4cccs4)no3)nnc12. The molecule has 0 spiro atoms. The van der Waals surface area contributed by atoms with Gasteiger partial charge in [-0.3, -0.25) is 13.8 Å². The van der Waals surface area contributed by atoms with Gasteiger partial charge in [0.1, 0.15) is 0 Å². The number of aromatic nitrogens is 6. The lowest BCUT2D eigenvalue weighted by Gasteiger charge is -2.11. The van der Waals surface area contributed by atoms with Crippen LogP contribution in [0, 0.1) is 0 Å². The number of aryl methyl sites for hydroxylation is 1. The van der Waals surface area contributed by atoms with Crippen LogP contribution in [0.1, 0.15) is 19.2 Å². The molecule has 0 unspecified atom stereocenters. The van der Waals surface area contributed by atoms with E-state index in [1.165, 1.54) is 11.8 Å². The Morgan fingerprint density at radius 1 is 1.19 bits per heavy atom. The number of hydrogen-bond donors (Lipinski definition) is 0. The average Bonchev–Trinajstić information content (AvgIpc) is 3.58. The summed E-state index contributed by atoms with van der Waals surface area (Å²) in [6.07, 6.45) is 0.713. The molecule has 0 saturated heterocycles. The normalized spacial score (nSPS) is 11.7. The molecule has 9 nitrogen and oxygen atoms in total. The Morgan fingerprint density at radius 2 is 2.09 bits per heavy atom. The number of rotatable bonds is 9. The minimum absolute atomic E-state index is 0.0777. The van der Waals surface area contributed by atoms with E-state index in [9.17, 15) is 4.79 Å². The van der Waals surface area contributed by atoms with E-state index in [-0.39, 0.29) is 5.56 Å². The van der Waals surface area contributed by atoms with Crippen LogP contribution in [0.4, 0.5) is 0 Å². The van der Waals surface area contributed by atoms with E-state index in [2.05, 4.69) is 20.3 Å². The van der Waals surface area contributed by atoms with Crippen molar-refractivity contribution in [1.29, 1.82) is 0 Å². The van der Waals surface area contributed by atoms with Gasteiger partial charge in [0.2, 0.25) is 17.5 Å². The molecule has 32 heavy (non-hydrogen) atoms. The molecule has 0 aliphatic heterocycles. The molecule has 0 radical (unpaired) electrons. The van der Waals surface area contributed by atoms with Gasteiger partial charge >= 0.3 is 0 Å². The van der Waals surface area contributed by atoms with Gasteiger partial charge in [-0.2, -0.15) is 4.98 Å². The third kappa shape index (κ3) is 3.94. The summed E-state index contributed by atoms with van der Waals surface area (Å²) in [7, 11) is 0.